The Balaban J connectivity index is 1.68. The smallest absolute Gasteiger partial charge is 0.407 e. The molecule has 5 heteroatoms. The van der Waals surface area contributed by atoms with E-state index in [-0.39, 0.29) is 6.09 Å². The molecule has 0 aromatic rings. The summed E-state index contributed by atoms with van der Waals surface area (Å²) in [4.78, 5) is 11.7. The first-order valence-electron chi connectivity index (χ1n) is 7.87. The molecule has 3 N–H and O–H groups in total. The molecule has 1 heterocycles. The lowest BCUT2D eigenvalue weighted by Crippen LogP contribution is -2.47. The van der Waals surface area contributed by atoms with Gasteiger partial charge in [-0.2, -0.15) is 0 Å². The fourth-order valence-electron chi connectivity index (χ4n) is 2.64. The number of carbonyl (C=O) groups is 1. The Hall–Kier alpha value is -0.810. The van der Waals surface area contributed by atoms with E-state index >= 15 is 0 Å². The first-order valence-corrected chi connectivity index (χ1v) is 7.87. The molecule has 1 amide bonds. The van der Waals surface area contributed by atoms with E-state index in [4.69, 9.17) is 4.74 Å². The number of alkyl carbamates (subject to hydrolysis) is 1. The maximum Gasteiger partial charge on any atom is 0.407 e. The van der Waals surface area contributed by atoms with E-state index in [0.29, 0.717) is 24.5 Å². The zero-order valence-corrected chi connectivity index (χ0v) is 13.0. The predicted octanol–water partition coefficient (Wildman–Crippen LogP) is 1.63. The van der Waals surface area contributed by atoms with Crippen molar-refractivity contribution in [3.05, 3.63) is 0 Å². The van der Waals surface area contributed by atoms with Crippen LogP contribution in [0.15, 0.2) is 0 Å². The number of rotatable bonds is 6. The van der Waals surface area contributed by atoms with Crippen molar-refractivity contribution in [1.82, 2.24) is 16.0 Å². The highest BCUT2D eigenvalue weighted by atomic mass is 16.6. The minimum absolute atomic E-state index is 0.316. The Morgan fingerprint density at radius 3 is 2.65 bits per heavy atom. The van der Waals surface area contributed by atoms with Crippen LogP contribution in [0.3, 0.4) is 0 Å². The molecule has 1 aliphatic heterocycles. The third-order valence-electron chi connectivity index (χ3n) is 3.85. The number of ether oxygens (including phenoxy) is 1. The van der Waals surface area contributed by atoms with Gasteiger partial charge in [0.1, 0.15) is 5.60 Å². The molecule has 0 spiro atoms. The summed E-state index contributed by atoms with van der Waals surface area (Å²) in [5.41, 5.74) is -0.430. The van der Waals surface area contributed by atoms with Gasteiger partial charge in [0.15, 0.2) is 0 Å². The highest BCUT2D eigenvalue weighted by Gasteiger charge is 2.32. The molecule has 2 atom stereocenters. The normalized spacial score (nSPS) is 24.4. The summed E-state index contributed by atoms with van der Waals surface area (Å²) in [6.07, 6.45) is 4.75. The van der Waals surface area contributed by atoms with Gasteiger partial charge in [0.05, 0.1) is 0 Å². The van der Waals surface area contributed by atoms with E-state index in [2.05, 4.69) is 16.0 Å². The van der Waals surface area contributed by atoms with Gasteiger partial charge in [0.2, 0.25) is 0 Å². The van der Waals surface area contributed by atoms with E-state index in [1.807, 2.05) is 20.8 Å². The van der Waals surface area contributed by atoms with Gasteiger partial charge < -0.3 is 20.7 Å². The first kappa shape index (κ1) is 15.6. The van der Waals surface area contributed by atoms with Gasteiger partial charge in [-0.05, 0) is 58.9 Å². The van der Waals surface area contributed by atoms with Crippen LogP contribution < -0.4 is 16.0 Å². The van der Waals surface area contributed by atoms with Crippen LogP contribution >= 0.6 is 0 Å². The average molecular weight is 283 g/mol. The number of carbonyl (C=O) groups excluding carboxylic acids is 1. The van der Waals surface area contributed by atoms with Crippen LogP contribution in [-0.2, 0) is 4.74 Å². The number of amides is 1. The Kier molecular flexibility index (Phi) is 5.27. The van der Waals surface area contributed by atoms with Crippen molar-refractivity contribution in [2.24, 2.45) is 5.92 Å². The highest BCUT2D eigenvalue weighted by molar-refractivity contribution is 5.67. The van der Waals surface area contributed by atoms with Crippen molar-refractivity contribution in [3.8, 4) is 0 Å². The second-order valence-electron chi connectivity index (χ2n) is 7.03. The third kappa shape index (κ3) is 5.67. The van der Waals surface area contributed by atoms with Crippen molar-refractivity contribution in [1.29, 1.82) is 0 Å². The predicted molar refractivity (Wildman–Crippen MR) is 79.8 cm³/mol. The summed E-state index contributed by atoms with van der Waals surface area (Å²) in [6, 6.07) is 0.975. The maximum atomic E-state index is 11.7. The van der Waals surface area contributed by atoms with E-state index in [0.717, 1.165) is 13.1 Å². The van der Waals surface area contributed by atoms with Crippen LogP contribution in [-0.4, -0.2) is 43.4 Å². The second-order valence-corrected chi connectivity index (χ2v) is 7.03. The summed E-state index contributed by atoms with van der Waals surface area (Å²) in [5.74, 6) is 0.714. The minimum atomic E-state index is -0.430. The van der Waals surface area contributed by atoms with Crippen LogP contribution in [0.25, 0.3) is 0 Å². The monoisotopic (exact) mass is 283 g/mol. The number of nitrogens with one attached hydrogen (secondary N) is 3. The molecule has 116 valence electrons. The molecule has 1 saturated carbocycles. The molecule has 2 fully saturated rings. The maximum absolute atomic E-state index is 11.7. The molecule has 1 saturated heterocycles. The first-order chi connectivity index (χ1) is 9.44. The van der Waals surface area contributed by atoms with Crippen LogP contribution in [0, 0.1) is 5.92 Å². The molecule has 0 aromatic heterocycles. The molecule has 1 aliphatic carbocycles. The molecule has 5 nitrogen and oxygen atoms in total. The van der Waals surface area contributed by atoms with Gasteiger partial charge in [-0.15, -0.1) is 0 Å². The second kappa shape index (κ2) is 6.76. The van der Waals surface area contributed by atoms with Crippen LogP contribution in [0.2, 0.25) is 0 Å². The quantitative estimate of drug-likeness (QED) is 0.693. The number of hydrogen-bond acceptors (Lipinski definition) is 4. The van der Waals surface area contributed by atoms with Gasteiger partial charge >= 0.3 is 6.09 Å². The fourth-order valence-corrected chi connectivity index (χ4v) is 2.64. The molecular formula is C15H29N3O2. The van der Waals surface area contributed by atoms with E-state index in [9.17, 15) is 4.79 Å². The van der Waals surface area contributed by atoms with Crippen LogP contribution in [0.4, 0.5) is 4.79 Å². The summed E-state index contributed by atoms with van der Waals surface area (Å²) >= 11 is 0. The van der Waals surface area contributed by atoms with Crippen LogP contribution in [0.5, 0.6) is 0 Å². The SMILES string of the molecule is CC(C)(C)OC(=O)NCC(NCC1CCCN1)C1CC1. The van der Waals surface area contributed by atoms with Gasteiger partial charge in [-0.1, -0.05) is 0 Å². The van der Waals surface area contributed by atoms with E-state index in [1.54, 1.807) is 0 Å². The zero-order chi connectivity index (χ0) is 14.6. The van der Waals surface area contributed by atoms with Crippen molar-refractivity contribution in [2.45, 2.75) is 64.1 Å². The molecule has 2 aliphatic rings. The topological polar surface area (TPSA) is 62.4 Å². The molecule has 0 radical (unpaired) electrons. The lowest BCUT2D eigenvalue weighted by molar-refractivity contribution is 0.0521. The Morgan fingerprint density at radius 2 is 2.10 bits per heavy atom. The van der Waals surface area contributed by atoms with Gasteiger partial charge in [0.25, 0.3) is 0 Å². The van der Waals surface area contributed by atoms with Crippen molar-refractivity contribution >= 4 is 6.09 Å². The summed E-state index contributed by atoms with van der Waals surface area (Å²) in [7, 11) is 0. The fraction of sp³-hybridized carbons (Fsp3) is 0.933. The minimum Gasteiger partial charge on any atom is -0.444 e. The summed E-state index contributed by atoms with van der Waals surface area (Å²) < 4.78 is 5.28. The molecule has 0 aromatic carbocycles. The molecule has 0 bridgehead atoms. The largest absolute Gasteiger partial charge is 0.444 e. The third-order valence-corrected chi connectivity index (χ3v) is 3.85. The molecular weight excluding hydrogens is 254 g/mol. The van der Waals surface area contributed by atoms with Gasteiger partial charge in [-0.3, -0.25) is 0 Å². The lowest BCUT2D eigenvalue weighted by atomic mass is 10.1. The Morgan fingerprint density at radius 1 is 1.35 bits per heavy atom. The molecule has 2 unspecified atom stereocenters. The van der Waals surface area contributed by atoms with Crippen LogP contribution in [0.1, 0.15) is 46.5 Å². The van der Waals surface area contributed by atoms with Gasteiger partial charge in [-0.25, -0.2) is 4.79 Å². The molecule has 20 heavy (non-hydrogen) atoms. The Bertz CT molecular complexity index is 318. The lowest BCUT2D eigenvalue weighted by Gasteiger charge is -2.23. The van der Waals surface area contributed by atoms with E-state index < -0.39 is 5.60 Å². The highest BCUT2D eigenvalue weighted by Crippen LogP contribution is 2.32. The summed E-state index contributed by atoms with van der Waals surface area (Å²) in [5, 5.41) is 9.99. The van der Waals surface area contributed by atoms with Crippen molar-refractivity contribution in [3.63, 3.8) is 0 Å². The van der Waals surface area contributed by atoms with Gasteiger partial charge in [0, 0.05) is 25.2 Å². The van der Waals surface area contributed by atoms with E-state index in [1.165, 1.54) is 25.7 Å². The molecule has 2 rings (SSSR count). The average Bonchev–Trinajstić information content (AvgIpc) is 3.03. The standard InChI is InChI=1S/C15H29N3O2/c1-15(2,3)20-14(19)18-10-13(11-6-7-11)17-9-12-5-4-8-16-12/h11-13,16-17H,4-10H2,1-3H3,(H,18,19). The zero-order valence-electron chi connectivity index (χ0n) is 13.0. The summed E-state index contributed by atoms with van der Waals surface area (Å²) in [6.45, 7) is 8.44. The Labute approximate surface area is 122 Å². The van der Waals surface area contributed by atoms with Crippen molar-refractivity contribution in [2.75, 3.05) is 19.6 Å². The van der Waals surface area contributed by atoms with Crippen molar-refractivity contribution < 1.29 is 9.53 Å². The number of hydrogen-bond donors (Lipinski definition) is 3.